The highest BCUT2D eigenvalue weighted by molar-refractivity contribution is 7.21. The van der Waals surface area contributed by atoms with Crippen LogP contribution in [0.3, 0.4) is 0 Å². The maximum absolute atomic E-state index is 14.0. The fourth-order valence-corrected chi connectivity index (χ4v) is 8.04. The third kappa shape index (κ3) is 6.13. The number of carboxylic acid groups (broad SMARTS) is 1. The van der Waals surface area contributed by atoms with Gasteiger partial charge in [-0.05, 0) is 63.1 Å². The molecule has 0 spiro atoms. The first-order valence-electron chi connectivity index (χ1n) is 15.3. The van der Waals surface area contributed by atoms with Gasteiger partial charge in [0.1, 0.15) is 11.4 Å². The number of carbonyl (C=O) groups excluding carboxylic acids is 1. The number of thiophene rings is 1. The number of rotatable bonds is 11. The van der Waals surface area contributed by atoms with E-state index in [2.05, 4.69) is 42.5 Å². The lowest BCUT2D eigenvalue weighted by molar-refractivity contribution is -0.132. The first kappa shape index (κ1) is 29.9. The van der Waals surface area contributed by atoms with Gasteiger partial charge in [0.15, 0.2) is 0 Å². The molecule has 2 N–H and O–H groups in total. The van der Waals surface area contributed by atoms with E-state index in [1.807, 2.05) is 18.0 Å². The molecule has 2 fully saturated rings. The normalized spacial score (nSPS) is 18.8. The van der Waals surface area contributed by atoms with Crippen molar-refractivity contribution in [3.8, 4) is 11.3 Å². The van der Waals surface area contributed by atoms with E-state index in [-0.39, 0.29) is 18.5 Å². The van der Waals surface area contributed by atoms with E-state index < -0.39 is 5.97 Å². The number of nitrogens with one attached hydrogen (secondary N) is 1. The Labute approximate surface area is 247 Å². The van der Waals surface area contributed by atoms with Gasteiger partial charge in [-0.15, -0.1) is 11.3 Å². The number of hydrogen-bond acceptors (Lipinski definition) is 6. The van der Waals surface area contributed by atoms with Crippen molar-refractivity contribution in [1.29, 1.82) is 0 Å². The molecule has 1 unspecified atom stereocenters. The summed E-state index contributed by atoms with van der Waals surface area (Å²) in [5, 5.41) is 13.8. The standard InChI is InChI=1S/C32H46N4O4S/c1-20(2)15-33-16-25-29-31(41-30(25)32(38)39)27(22-9-7-6-8-10-22)28(23-12-14-40-19-23)36(29)18-26(37)34(5)24-11-13-35(17-24)21(3)4/h12,14,19-22,24,33H,6-11,13,15-18H2,1-5H3,(H,38,39). The molecule has 2 aliphatic rings. The molecule has 3 aromatic heterocycles. The van der Waals surface area contributed by atoms with Crippen molar-refractivity contribution >= 4 is 33.4 Å². The maximum atomic E-state index is 14.0. The van der Waals surface area contributed by atoms with Gasteiger partial charge in [-0.2, -0.15) is 0 Å². The van der Waals surface area contributed by atoms with E-state index in [1.165, 1.54) is 23.3 Å². The summed E-state index contributed by atoms with van der Waals surface area (Å²) in [6, 6.07) is 2.61. The number of likely N-dealkylation sites (N-methyl/N-ethyl adjacent to an activating group) is 1. The van der Waals surface area contributed by atoms with Crippen LogP contribution in [0.5, 0.6) is 0 Å². The molecular formula is C32H46N4O4S. The third-order valence-corrected chi connectivity index (χ3v) is 10.3. The molecule has 1 aliphatic carbocycles. The van der Waals surface area contributed by atoms with E-state index in [0.717, 1.165) is 78.8 Å². The van der Waals surface area contributed by atoms with Crippen molar-refractivity contribution in [2.45, 2.75) is 97.3 Å². The predicted octanol–water partition coefficient (Wildman–Crippen LogP) is 6.40. The Morgan fingerprint density at radius 2 is 1.93 bits per heavy atom. The average molecular weight is 583 g/mol. The first-order valence-corrected chi connectivity index (χ1v) is 16.1. The molecule has 9 heteroatoms. The molecule has 0 bridgehead atoms. The molecule has 224 valence electrons. The number of likely N-dealkylation sites (tertiary alicyclic amines) is 1. The highest BCUT2D eigenvalue weighted by Crippen LogP contribution is 2.48. The highest BCUT2D eigenvalue weighted by atomic mass is 32.1. The lowest BCUT2D eigenvalue weighted by Crippen LogP contribution is -2.41. The van der Waals surface area contributed by atoms with Gasteiger partial charge in [0.2, 0.25) is 5.91 Å². The number of aromatic carboxylic acids is 1. The van der Waals surface area contributed by atoms with Crippen LogP contribution in [0, 0.1) is 5.92 Å². The van der Waals surface area contributed by atoms with Crippen molar-refractivity contribution in [3.05, 3.63) is 34.6 Å². The van der Waals surface area contributed by atoms with Crippen LogP contribution in [0.2, 0.25) is 0 Å². The van der Waals surface area contributed by atoms with Crippen molar-refractivity contribution in [2.24, 2.45) is 5.92 Å². The molecule has 41 heavy (non-hydrogen) atoms. The van der Waals surface area contributed by atoms with Crippen LogP contribution in [-0.4, -0.2) is 70.1 Å². The zero-order valence-corrected chi connectivity index (χ0v) is 26.1. The number of furan rings is 1. The summed E-state index contributed by atoms with van der Waals surface area (Å²) < 4.78 is 8.73. The van der Waals surface area contributed by atoms with E-state index in [4.69, 9.17) is 4.42 Å². The number of aromatic nitrogens is 1. The van der Waals surface area contributed by atoms with Crippen LogP contribution in [0.1, 0.15) is 92.9 Å². The molecule has 0 aromatic carbocycles. The van der Waals surface area contributed by atoms with Crippen molar-refractivity contribution in [3.63, 3.8) is 0 Å². The summed E-state index contributed by atoms with van der Waals surface area (Å²) >= 11 is 1.39. The topological polar surface area (TPSA) is 90.9 Å². The van der Waals surface area contributed by atoms with Gasteiger partial charge < -0.3 is 24.3 Å². The minimum atomic E-state index is -0.901. The van der Waals surface area contributed by atoms with Gasteiger partial charge in [-0.1, -0.05) is 33.1 Å². The summed E-state index contributed by atoms with van der Waals surface area (Å²) in [6.45, 7) is 12.0. The van der Waals surface area contributed by atoms with Crippen LogP contribution in [0.25, 0.3) is 21.5 Å². The number of amides is 1. The number of fused-ring (bicyclic) bond motifs is 1. The molecule has 1 atom stereocenters. The Balaban J connectivity index is 1.64. The van der Waals surface area contributed by atoms with Crippen LogP contribution in [0.15, 0.2) is 23.0 Å². The second-order valence-corrected chi connectivity index (χ2v) is 13.7. The monoisotopic (exact) mass is 582 g/mol. The third-order valence-electron chi connectivity index (χ3n) is 9.03. The fraction of sp³-hybridized carbons (Fsp3) is 0.625. The lowest BCUT2D eigenvalue weighted by Gasteiger charge is -2.27. The Morgan fingerprint density at radius 1 is 1.17 bits per heavy atom. The second kappa shape index (κ2) is 12.7. The average Bonchev–Trinajstić information content (AvgIpc) is 3.73. The van der Waals surface area contributed by atoms with Crippen LogP contribution in [0.4, 0.5) is 0 Å². The van der Waals surface area contributed by atoms with Crippen LogP contribution in [-0.2, 0) is 17.9 Å². The summed E-state index contributed by atoms with van der Waals surface area (Å²) in [4.78, 5) is 31.3. The van der Waals surface area contributed by atoms with Crippen molar-refractivity contribution in [1.82, 2.24) is 19.7 Å². The molecule has 1 aliphatic heterocycles. The Morgan fingerprint density at radius 3 is 2.54 bits per heavy atom. The van der Waals surface area contributed by atoms with Gasteiger partial charge in [0.05, 0.1) is 28.4 Å². The molecule has 4 heterocycles. The number of carbonyl (C=O) groups is 2. The number of hydrogen-bond donors (Lipinski definition) is 2. The van der Waals surface area contributed by atoms with Crippen molar-refractivity contribution < 1.29 is 19.1 Å². The van der Waals surface area contributed by atoms with Gasteiger partial charge in [-0.25, -0.2) is 4.79 Å². The van der Waals surface area contributed by atoms with Gasteiger partial charge in [0.25, 0.3) is 0 Å². The quantitative estimate of drug-likeness (QED) is 0.272. The van der Waals surface area contributed by atoms with E-state index in [9.17, 15) is 14.7 Å². The van der Waals surface area contributed by atoms with E-state index in [1.54, 1.807) is 12.5 Å². The minimum absolute atomic E-state index is 0.0570. The molecule has 0 radical (unpaired) electrons. The molecule has 1 amide bonds. The second-order valence-electron chi connectivity index (χ2n) is 12.6. The van der Waals surface area contributed by atoms with Gasteiger partial charge >= 0.3 is 5.97 Å². The number of nitrogens with zero attached hydrogens (tertiary/aromatic N) is 3. The van der Waals surface area contributed by atoms with Gasteiger partial charge in [-0.3, -0.25) is 9.69 Å². The summed E-state index contributed by atoms with van der Waals surface area (Å²) in [6.07, 6.45) is 10.1. The molecular weight excluding hydrogens is 536 g/mol. The van der Waals surface area contributed by atoms with Crippen LogP contribution >= 0.6 is 11.3 Å². The predicted molar refractivity (Wildman–Crippen MR) is 165 cm³/mol. The molecule has 1 saturated carbocycles. The van der Waals surface area contributed by atoms with E-state index >= 15 is 0 Å². The largest absolute Gasteiger partial charge is 0.477 e. The molecule has 8 nitrogen and oxygen atoms in total. The Hall–Kier alpha value is -2.62. The first-order chi connectivity index (χ1) is 19.7. The zero-order valence-electron chi connectivity index (χ0n) is 25.2. The van der Waals surface area contributed by atoms with E-state index in [0.29, 0.717) is 29.3 Å². The fourth-order valence-electron chi connectivity index (χ4n) is 6.75. The van der Waals surface area contributed by atoms with Crippen molar-refractivity contribution in [2.75, 3.05) is 26.7 Å². The molecule has 5 rings (SSSR count). The Kier molecular flexibility index (Phi) is 9.26. The summed E-state index contributed by atoms with van der Waals surface area (Å²) in [5.74, 6) is -0.0738. The highest BCUT2D eigenvalue weighted by Gasteiger charge is 2.34. The molecule has 3 aromatic rings. The summed E-state index contributed by atoms with van der Waals surface area (Å²) in [5.41, 5.74) is 4.86. The van der Waals surface area contributed by atoms with Crippen LogP contribution < -0.4 is 5.32 Å². The summed E-state index contributed by atoms with van der Waals surface area (Å²) in [7, 11) is 1.93. The molecule has 1 saturated heterocycles. The van der Waals surface area contributed by atoms with Gasteiger partial charge in [0, 0.05) is 49.9 Å². The SMILES string of the molecule is CC(C)CNCc1c(C(=O)O)sc2c(C3CCCCC3)c(-c3ccoc3)n(CC(=O)N(C)C3CCN(C(C)C)C3)c12. The maximum Gasteiger partial charge on any atom is 0.346 e. The minimum Gasteiger partial charge on any atom is -0.477 e. The Bertz CT molecular complexity index is 1350. The smallest absolute Gasteiger partial charge is 0.346 e. The zero-order chi connectivity index (χ0) is 29.3. The number of carboxylic acids is 1. The lowest BCUT2D eigenvalue weighted by atomic mass is 9.83.